The Kier molecular flexibility index (Phi) is 7.68. The highest BCUT2D eigenvalue weighted by molar-refractivity contribution is 7.98. The average molecular weight is 239 g/mol. The largest absolute Gasteiger partial charge is 0.312 e. The molecule has 0 radical (unpaired) electrons. The Labute approximate surface area is 92.0 Å². The lowest BCUT2D eigenvalue weighted by molar-refractivity contribution is 0.579. The summed E-state index contributed by atoms with van der Waals surface area (Å²) in [5, 5.41) is 3.20. The first-order valence-corrected chi connectivity index (χ1v) is 8.16. The second-order valence-electron chi connectivity index (χ2n) is 3.46. The third-order valence-corrected chi connectivity index (χ3v) is 4.53. The predicted octanol–water partition coefficient (Wildman–Crippen LogP) is 1.15. The zero-order chi connectivity index (χ0) is 11.0. The van der Waals surface area contributed by atoms with E-state index in [1.54, 1.807) is 11.8 Å². The van der Waals surface area contributed by atoms with E-state index >= 15 is 0 Å². The molecule has 0 bridgehead atoms. The van der Waals surface area contributed by atoms with Crippen LogP contribution in [-0.4, -0.2) is 44.5 Å². The Hall–Kier alpha value is 0.260. The lowest BCUT2D eigenvalue weighted by Gasteiger charge is -2.11. The van der Waals surface area contributed by atoms with E-state index in [-0.39, 0.29) is 5.75 Å². The average Bonchev–Trinajstić information content (AvgIpc) is 2.03. The van der Waals surface area contributed by atoms with Gasteiger partial charge >= 0.3 is 0 Å². The summed E-state index contributed by atoms with van der Waals surface area (Å²) < 4.78 is 22.6. The Balaban J connectivity index is 3.63. The summed E-state index contributed by atoms with van der Waals surface area (Å²) in [6.07, 6.45) is 2.76. The molecule has 0 heterocycles. The smallest absolute Gasteiger partial charge is 0.151 e. The lowest BCUT2D eigenvalue weighted by atomic mass is 10.4. The predicted molar refractivity (Wildman–Crippen MR) is 64.8 cm³/mol. The molecule has 3 nitrogen and oxygen atoms in total. The number of thioether (sulfide) groups is 1. The van der Waals surface area contributed by atoms with Crippen LogP contribution in [0.5, 0.6) is 0 Å². The van der Waals surface area contributed by atoms with Gasteiger partial charge in [0.05, 0.1) is 5.75 Å². The highest BCUT2D eigenvalue weighted by atomic mass is 32.2. The van der Waals surface area contributed by atoms with E-state index in [1.807, 2.05) is 13.2 Å². The van der Waals surface area contributed by atoms with Crippen LogP contribution in [0.1, 0.15) is 20.3 Å². The molecule has 1 atom stereocenters. The second kappa shape index (κ2) is 7.54. The molecule has 0 aliphatic heterocycles. The zero-order valence-corrected chi connectivity index (χ0v) is 10.9. The Morgan fingerprint density at radius 2 is 2.00 bits per heavy atom. The minimum atomic E-state index is -2.81. The number of sulfone groups is 1. The van der Waals surface area contributed by atoms with E-state index in [4.69, 9.17) is 0 Å². The van der Waals surface area contributed by atoms with Gasteiger partial charge in [-0.25, -0.2) is 8.42 Å². The third kappa shape index (κ3) is 7.64. The molecular formula is C9H21NO2S2. The highest BCUT2D eigenvalue weighted by Gasteiger charge is 2.09. The van der Waals surface area contributed by atoms with Crippen LogP contribution in [0.25, 0.3) is 0 Å². The molecule has 0 amide bonds. The van der Waals surface area contributed by atoms with Crippen LogP contribution in [0.15, 0.2) is 0 Å². The monoisotopic (exact) mass is 239 g/mol. The van der Waals surface area contributed by atoms with Crippen LogP contribution in [-0.2, 0) is 9.84 Å². The van der Waals surface area contributed by atoms with Crippen molar-refractivity contribution in [1.82, 2.24) is 5.32 Å². The fourth-order valence-electron chi connectivity index (χ4n) is 1.18. The van der Waals surface area contributed by atoms with Crippen LogP contribution in [0, 0.1) is 0 Å². The number of rotatable bonds is 8. The molecule has 1 unspecified atom stereocenters. The van der Waals surface area contributed by atoms with Gasteiger partial charge in [0.1, 0.15) is 0 Å². The Bertz CT molecular complexity index is 227. The molecule has 14 heavy (non-hydrogen) atoms. The van der Waals surface area contributed by atoms with Crippen LogP contribution in [0.2, 0.25) is 0 Å². The van der Waals surface area contributed by atoms with Crippen molar-refractivity contribution in [1.29, 1.82) is 0 Å². The Morgan fingerprint density at radius 3 is 2.50 bits per heavy atom. The molecule has 0 aromatic carbocycles. The number of nitrogens with one attached hydrogen (secondary N) is 1. The normalized spacial score (nSPS) is 14.2. The molecule has 0 aromatic rings. The van der Waals surface area contributed by atoms with Gasteiger partial charge in [0.15, 0.2) is 9.84 Å². The van der Waals surface area contributed by atoms with E-state index in [2.05, 4.69) is 12.2 Å². The summed E-state index contributed by atoms with van der Waals surface area (Å²) in [4.78, 5) is 0. The molecule has 0 spiro atoms. The third-order valence-electron chi connectivity index (χ3n) is 1.84. The lowest BCUT2D eigenvalue weighted by Crippen LogP contribution is -2.33. The topological polar surface area (TPSA) is 46.2 Å². The fraction of sp³-hybridized carbons (Fsp3) is 1.00. The standard InChI is InChI=1S/C9H21NO2S2/c1-4-6-14(11,12)7-5-10-9(2)8-13-3/h9-10H,4-8H2,1-3H3. The summed E-state index contributed by atoms with van der Waals surface area (Å²) in [5.41, 5.74) is 0. The summed E-state index contributed by atoms with van der Waals surface area (Å²) >= 11 is 1.77. The highest BCUT2D eigenvalue weighted by Crippen LogP contribution is 1.97. The first-order chi connectivity index (χ1) is 6.52. The summed E-state index contributed by atoms with van der Waals surface area (Å²) in [7, 11) is -2.81. The van der Waals surface area contributed by atoms with Gasteiger partial charge in [-0.2, -0.15) is 11.8 Å². The first kappa shape index (κ1) is 14.3. The van der Waals surface area contributed by atoms with Gasteiger partial charge in [0.25, 0.3) is 0 Å². The van der Waals surface area contributed by atoms with Gasteiger partial charge in [-0.1, -0.05) is 6.92 Å². The van der Waals surface area contributed by atoms with Gasteiger partial charge in [0.2, 0.25) is 0 Å². The van der Waals surface area contributed by atoms with Crippen LogP contribution >= 0.6 is 11.8 Å². The quantitative estimate of drug-likeness (QED) is 0.690. The second-order valence-corrected chi connectivity index (χ2v) is 6.68. The van der Waals surface area contributed by atoms with Crippen molar-refractivity contribution in [3.8, 4) is 0 Å². The van der Waals surface area contributed by atoms with Crippen molar-refractivity contribution < 1.29 is 8.42 Å². The minimum absolute atomic E-state index is 0.263. The molecule has 0 aromatic heterocycles. The fourth-order valence-corrected chi connectivity index (χ4v) is 3.06. The van der Waals surface area contributed by atoms with E-state index in [9.17, 15) is 8.42 Å². The summed E-state index contributed by atoms with van der Waals surface area (Å²) in [6.45, 7) is 4.54. The van der Waals surface area contributed by atoms with E-state index < -0.39 is 9.84 Å². The molecule has 1 N–H and O–H groups in total. The molecule has 0 fully saturated rings. The van der Waals surface area contributed by atoms with Gasteiger partial charge in [0, 0.05) is 24.1 Å². The van der Waals surface area contributed by atoms with Gasteiger partial charge in [-0.3, -0.25) is 0 Å². The zero-order valence-electron chi connectivity index (χ0n) is 9.25. The van der Waals surface area contributed by atoms with Gasteiger partial charge < -0.3 is 5.32 Å². The van der Waals surface area contributed by atoms with Crippen molar-refractivity contribution in [2.24, 2.45) is 0 Å². The van der Waals surface area contributed by atoms with E-state index in [1.165, 1.54) is 0 Å². The van der Waals surface area contributed by atoms with Gasteiger partial charge in [-0.05, 0) is 19.6 Å². The summed E-state index contributed by atoms with van der Waals surface area (Å²) in [6, 6.07) is 0.391. The van der Waals surface area contributed by atoms with Crippen LogP contribution in [0.4, 0.5) is 0 Å². The molecule has 0 saturated carbocycles. The van der Waals surface area contributed by atoms with Crippen molar-refractivity contribution in [2.75, 3.05) is 30.1 Å². The molecular weight excluding hydrogens is 218 g/mol. The maximum atomic E-state index is 11.3. The maximum absolute atomic E-state index is 11.3. The SMILES string of the molecule is CCCS(=O)(=O)CCNC(C)CSC. The molecule has 5 heteroatoms. The minimum Gasteiger partial charge on any atom is -0.312 e. The molecule has 0 saturated heterocycles. The number of hydrogen-bond donors (Lipinski definition) is 1. The van der Waals surface area contributed by atoms with Crippen molar-refractivity contribution >= 4 is 21.6 Å². The molecule has 0 rings (SSSR count). The van der Waals surface area contributed by atoms with Crippen LogP contribution < -0.4 is 5.32 Å². The molecule has 0 aliphatic rings. The van der Waals surface area contributed by atoms with Crippen molar-refractivity contribution in [3.05, 3.63) is 0 Å². The molecule has 86 valence electrons. The summed E-state index contributed by atoms with van der Waals surface area (Å²) in [5.74, 6) is 1.60. The van der Waals surface area contributed by atoms with E-state index in [0.717, 1.165) is 5.75 Å². The van der Waals surface area contributed by atoms with E-state index in [0.29, 0.717) is 24.8 Å². The molecule has 0 aliphatic carbocycles. The first-order valence-electron chi connectivity index (χ1n) is 4.94. The Morgan fingerprint density at radius 1 is 1.36 bits per heavy atom. The van der Waals surface area contributed by atoms with Crippen molar-refractivity contribution in [2.45, 2.75) is 26.3 Å². The number of hydrogen-bond acceptors (Lipinski definition) is 4. The van der Waals surface area contributed by atoms with Crippen LogP contribution in [0.3, 0.4) is 0 Å². The van der Waals surface area contributed by atoms with Crippen molar-refractivity contribution in [3.63, 3.8) is 0 Å². The van der Waals surface area contributed by atoms with Gasteiger partial charge in [-0.15, -0.1) is 0 Å². The maximum Gasteiger partial charge on any atom is 0.151 e.